The second kappa shape index (κ2) is 9.72. The summed E-state index contributed by atoms with van der Waals surface area (Å²) < 4.78 is 27.6. The molecule has 0 aliphatic rings. The summed E-state index contributed by atoms with van der Waals surface area (Å²) in [6, 6.07) is 0.444. The van der Waals surface area contributed by atoms with Crippen molar-refractivity contribution in [2.24, 2.45) is 0 Å². The van der Waals surface area contributed by atoms with Gasteiger partial charge in [-0.25, -0.2) is 4.72 Å². The Hall–Kier alpha value is -0.170. The number of hydrogen-bond acceptors (Lipinski definition) is 3. The lowest BCUT2D eigenvalue weighted by molar-refractivity contribution is 0.438. The van der Waals surface area contributed by atoms with Gasteiger partial charge >= 0.3 is 0 Å². The molecule has 0 aliphatic carbocycles. The second-order valence-corrected chi connectivity index (χ2v) is 6.75. The molecule has 0 bridgehead atoms. The van der Waals surface area contributed by atoms with Crippen LogP contribution in [0.2, 0.25) is 0 Å². The Balaban J connectivity index is 3.81. The molecule has 0 aromatic carbocycles. The summed E-state index contributed by atoms with van der Waals surface area (Å²) in [6.07, 6.45) is 3.88. The third-order valence-corrected chi connectivity index (χ3v) is 4.25. The molecule has 0 unspecified atom stereocenters. The second-order valence-electron chi connectivity index (χ2n) is 4.89. The van der Waals surface area contributed by atoms with Crippen molar-refractivity contribution in [1.82, 2.24) is 14.3 Å². The molecule has 0 heterocycles. The number of hydrogen-bond donors (Lipinski definition) is 2. The Kier molecular flexibility index (Phi) is 9.63. The van der Waals surface area contributed by atoms with Gasteiger partial charge in [0, 0.05) is 26.2 Å². The van der Waals surface area contributed by atoms with E-state index >= 15 is 0 Å². The van der Waals surface area contributed by atoms with Gasteiger partial charge in [0.1, 0.15) is 0 Å². The van der Waals surface area contributed by atoms with E-state index in [-0.39, 0.29) is 0 Å². The van der Waals surface area contributed by atoms with Crippen LogP contribution in [0.5, 0.6) is 0 Å². The molecule has 0 aromatic heterocycles. The largest absolute Gasteiger partial charge is 0.314 e. The third-order valence-electron chi connectivity index (χ3n) is 2.68. The number of nitrogens with zero attached hydrogens (tertiary/aromatic N) is 1. The normalized spacial score (nSPS) is 12.6. The van der Waals surface area contributed by atoms with Crippen LogP contribution < -0.4 is 10.0 Å². The highest BCUT2D eigenvalue weighted by Crippen LogP contribution is 1.98. The fourth-order valence-electron chi connectivity index (χ4n) is 1.50. The van der Waals surface area contributed by atoms with Crippen molar-refractivity contribution in [2.45, 2.75) is 52.5 Å². The van der Waals surface area contributed by atoms with Crippen molar-refractivity contribution in [1.29, 1.82) is 0 Å². The Morgan fingerprint density at radius 2 is 1.78 bits per heavy atom. The monoisotopic (exact) mass is 279 g/mol. The van der Waals surface area contributed by atoms with Crippen molar-refractivity contribution in [2.75, 3.05) is 26.7 Å². The molecule has 0 amide bonds. The maximum Gasteiger partial charge on any atom is 0.279 e. The Morgan fingerprint density at radius 3 is 2.33 bits per heavy atom. The molecule has 0 spiro atoms. The Labute approximate surface area is 113 Å². The van der Waals surface area contributed by atoms with Crippen LogP contribution in [0.25, 0.3) is 0 Å². The molecule has 0 aromatic rings. The fraction of sp³-hybridized carbons (Fsp3) is 1.00. The lowest BCUT2D eigenvalue weighted by Gasteiger charge is -2.18. The van der Waals surface area contributed by atoms with Crippen LogP contribution >= 0.6 is 0 Å². The highest BCUT2D eigenvalue weighted by Gasteiger charge is 2.15. The smallest absolute Gasteiger partial charge is 0.279 e. The molecular weight excluding hydrogens is 250 g/mol. The van der Waals surface area contributed by atoms with Crippen molar-refractivity contribution >= 4 is 10.2 Å². The lowest BCUT2D eigenvalue weighted by atomic mass is 10.3. The van der Waals surface area contributed by atoms with Crippen LogP contribution in [0.15, 0.2) is 0 Å². The van der Waals surface area contributed by atoms with Crippen LogP contribution in [-0.4, -0.2) is 45.4 Å². The maximum atomic E-state index is 11.8. The van der Waals surface area contributed by atoms with Crippen LogP contribution in [0.1, 0.15) is 46.5 Å². The Morgan fingerprint density at radius 1 is 1.11 bits per heavy atom. The summed E-state index contributed by atoms with van der Waals surface area (Å²) in [7, 11) is -1.66. The molecule has 2 N–H and O–H groups in total. The molecule has 0 rings (SSSR count). The van der Waals surface area contributed by atoms with Crippen molar-refractivity contribution in [3.63, 3.8) is 0 Å². The lowest BCUT2D eigenvalue weighted by Crippen LogP contribution is -2.40. The minimum Gasteiger partial charge on any atom is -0.314 e. The standard InChI is InChI=1S/C12H29N3O2S/c1-5-6-7-10-14-18(16,17)15(4)11-8-9-13-12(2)3/h12-14H,5-11H2,1-4H3. The summed E-state index contributed by atoms with van der Waals surface area (Å²) >= 11 is 0. The van der Waals surface area contributed by atoms with E-state index < -0.39 is 10.2 Å². The zero-order valence-electron chi connectivity index (χ0n) is 12.2. The zero-order valence-corrected chi connectivity index (χ0v) is 13.0. The number of unbranched alkanes of at least 4 members (excludes halogenated alkanes) is 2. The molecule has 6 heteroatoms. The highest BCUT2D eigenvalue weighted by atomic mass is 32.2. The summed E-state index contributed by atoms with van der Waals surface area (Å²) in [6.45, 7) is 8.18. The van der Waals surface area contributed by atoms with Gasteiger partial charge in [-0.05, 0) is 19.4 Å². The van der Waals surface area contributed by atoms with Crippen LogP contribution in [0.4, 0.5) is 0 Å². The topological polar surface area (TPSA) is 61.4 Å². The van der Waals surface area contributed by atoms with E-state index in [1.165, 1.54) is 4.31 Å². The van der Waals surface area contributed by atoms with Gasteiger partial charge < -0.3 is 5.32 Å². The average molecular weight is 279 g/mol. The zero-order chi connectivity index (χ0) is 14.0. The molecular formula is C12H29N3O2S. The minimum absolute atomic E-state index is 0.444. The third kappa shape index (κ3) is 8.85. The quantitative estimate of drug-likeness (QED) is 0.561. The minimum atomic E-state index is -3.29. The van der Waals surface area contributed by atoms with E-state index in [0.717, 1.165) is 32.2 Å². The summed E-state index contributed by atoms with van der Waals surface area (Å²) in [5.41, 5.74) is 0. The SMILES string of the molecule is CCCCCNS(=O)(=O)N(C)CCCNC(C)C. The first-order valence-electron chi connectivity index (χ1n) is 6.84. The molecule has 110 valence electrons. The van der Waals surface area contributed by atoms with Gasteiger partial charge in [-0.3, -0.25) is 0 Å². The van der Waals surface area contributed by atoms with Crippen molar-refractivity contribution < 1.29 is 8.42 Å². The molecule has 0 fully saturated rings. The van der Waals surface area contributed by atoms with Gasteiger partial charge in [-0.1, -0.05) is 33.6 Å². The average Bonchev–Trinajstić information content (AvgIpc) is 2.29. The first-order chi connectivity index (χ1) is 8.40. The maximum absolute atomic E-state index is 11.8. The van der Waals surface area contributed by atoms with Crippen LogP contribution in [0, 0.1) is 0 Å². The van der Waals surface area contributed by atoms with Crippen molar-refractivity contribution in [3.05, 3.63) is 0 Å². The molecule has 18 heavy (non-hydrogen) atoms. The number of rotatable bonds is 11. The van der Waals surface area contributed by atoms with Gasteiger partial charge in [0.15, 0.2) is 0 Å². The van der Waals surface area contributed by atoms with E-state index in [2.05, 4.69) is 30.8 Å². The summed E-state index contributed by atoms with van der Waals surface area (Å²) in [5.74, 6) is 0. The van der Waals surface area contributed by atoms with Gasteiger partial charge in [-0.2, -0.15) is 12.7 Å². The first-order valence-corrected chi connectivity index (χ1v) is 8.28. The van der Waals surface area contributed by atoms with Crippen molar-refractivity contribution in [3.8, 4) is 0 Å². The molecule has 0 aliphatic heterocycles. The van der Waals surface area contributed by atoms with Gasteiger partial charge in [0.2, 0.25) is 0 Å². The predicted octanol–water partition coefficient (Wildman–Crippen LogP) is 1.33. The predicted molar refractivity (Wildman–Crippen MR) is 76.8 cm³/mol. The Bertz CT molecular complexity index is 292. The summed E-state index contributed by atoms with van der Waals surface area (Å²) in [4.78, 5) is 0. The molecule has 0 atom stereocenters. The van der Waals surface area contributed by atoms with Gasteiger partial charge in [0.05, 0.1) is 0 Å². The van der Waals surface area contributed by atoms with Crippen LogP contribution in [0.3, 0.4) is 0 Å². The van der Waals surface area contributed by atoms with Crippen LogP contribution in [-0.2, 0) is 10.2 Å². The van der Waals surface area contributed by atoms with Gasteiger partial charge in [0.25, 0.3) is 10.2 Å². The molecule has 0 saturated heterocycles. The molecule has 0 saturated carbocycles. The summed E-state index contributed by atoms with van der Waals surface area (Å²) in [5, 5.41) is 3.27. The van der Waals surface area contributed by atoms with E-state index in [9.17, 15) is 8.42 Å². The number of nitrogens with one attached hydrogen (secondary N) is 2. The van der Waals surface area contributed by atoms with E-state index in [4.69, 9.17) is 0 Å². The molecule has 5 nitrogen and oxygen atoms in total. The van der Waals surface area contributed by atoms with E-state index in [1.54, 1.807) is 7.05 Å². The highest BCUT2D eigenvalue weighted by molar-refractivity contribution is 7.87. The van der Waals surface area contributed by atoms with E-state index in [0.29, 0.717) is 19.1 Å². The van der Waals surface area contributed by atoms with E-state index in [1.807, 2.05) is 0 Å². The fourth-order valence-corrected chi connectivity index (χ4v) is 2.49. The van der Waals surface area contributed by atoms with Gasteiger partial charge in [-0.15, -0.1) is 0 Å². The first kappa shape index (κ1) is 17.8. The molecule has 0 radical (unpaired) electrons.